The van der Waals surface area contributed by atoms with E-state index in [0.717, 1.165) is 0 Å². The summed E-state index contributed by atoms with van der Waals surface area (Å²) in [6.07, 6.45) is -0.0492. The maximum absolute atomic E-state index is 12.1. The van der Waals surface area contributed by atoms with Gasteiger partial charge < -0.3 is 25.4 Å². The molecule has 9 heteroatoms. The number of morpholine rings is 1. The zero-order chi connectivity index (χ0) is 17.5. The van der Waals surface area contributed by atoms with Gasteiger partial charge in [-0.25, -0.2) is 0 Å². The number of halogens is 2. The van der Waals surface area contributed by atoms with Gasteiger partial charge in [-0.05, 0) is 25.1 Å². The third-order valence-electron chi connectivity index (χ3n) is 3.69. The van der Waals surface area contributed by atoms with Gasteiger partial charge in [-0.1, -0.05) is 11.6 Å². The van der Waals surface area contributed by atoms with Crippen molar-refractivity contribution >= 4 is 41.5 Å². The number of hydrogen-bond acceptors (Lipinski definition) is 5. The number of ether oxygens (including phenoxy) is 2. The van der Waals surface area contributed by atoms with Gasteiger partial charge in [0.15, 0.2) is 0 Å². The highest BCUT2D eigenvalue weighted by atomic mass is 35.5. The van der Waals surface area contributed by atoms with E-state index in [1.54, 1.807) is 18.2 Å². The molecule has 2 rings (SSSR count). The summed E-state index contributed by atoms with van der Waals surface area (Å²) in [7, 11) is 1.51. The predicted octanol–water partition coefficient (Wildman–Crippen LogP) is 1.59. The SMILES string of the molecule is COc1ccc(Cl)cc1NC(=O)CCNC(=O)[C@H]1NCCO[C@@H]1C.Cl. The average molecular weight is 392 g/mol. The normalized spacial score (nSPS) is 19.5. The molecule has 1 aliphatic heterocycles. The Labute approximate surface area is 158 Å². The van der Waals surface area contributed by atoms with Gasteiger partial charge in [0, 0.05) is 24.5 Å². The van der Waals surface area contributed by atoms with Crippen molar-refractivity contribution in [2.24, 2.45) is 0 Å². The van der Waals surface area contributed by atoms with Crippen LogP contribution < -0.4 is 20.7 Å². The van der Waals surface area contributed by atoms with Crippen molar-refractivity contribution in [3.8, 4) is 5.75 Å². The Morgan fingerprint density at radius 1 is 1.44 bits per heavy atom. The molecule has 2 atom stereocenters. The van der Waals surface area contributed by atoms with Crippen molar-refractivity contribution in [1.82, 2.24) is 10.6 Å². The molecule has 1 fully saturated rings. The van der Waals surface area contributed by atoms with E-state index in [-0.39, 0.29) is 43.3 Å². The Kier molecular flexibility index (Phi) is 8.99. The molecular formula is C16H23Cl2N3O4. The van der Waals surface area contributed by atoms with Gasteiger partial charge in [0.25, 0.3) is 0 Å². The summed E-state index contributed by atoms with van der Waals surface area (Å²) in [5.41, 5.74) is 0.497. The molecule has 2 amide bonds. The number of carbonyl (C=O) groups excluding carboxylic acids is 2. The zero-order valence-electron chi connectivity index (χ0n) is 14.1. The number of methoxy groups -OCH3 is 1. The number of anilines is 1. The molecule has 0 radical (unpaired) electrons. The second-order valence-electron chi connectivity index (χ2n) is 5.44. The van der Waals surface area contributed by atoms with Crippen LogP contribution in [0.5, 0.6) is 5.75 Å². The zero-order valence-corrected chi connectivity index (χ0v) is 15.7. The lowest BCUT2D eigenvalue weighted by Crippen LogP contribution is -2.55. The average Bonchev–Trinajstić information content (AvgIpc) is 2.55. The third-order valence-corrected chi connectivity index (χ3v) is 3.92. The maximum atomic E-state index is 12.1. The standard InChI is InChI=1S/C16H22ClN3O4.ClH/c1-10-15(18-7-8-24-10)16(22)19-6-5-14(21)20-12-9-11(17)3-4-13(12)23-2;/h3-4,9-10,15,18H,5-8H2,1-2H3,(H,19,22)(H,20,21);1H/t10-,15+;/m1./s1. The van der Waals surface area contributed by atoms with Crippen molar-refractivity contribution in [3.63, 3.8) is 0 Å². The first-order chi connectivity index (χ1) is 11.5. The van der Waals surface area contributed by atoms with E-state index in [4.69, 9.17) is 21.1 Å². The minimum atomic E-state index is -0.394. The van der Waals surface area contributed by atoms with Crippen LogP contribution in [0, 0.1) is 0 Å². The van der Waals surface area contributed by atoms with Crippen LogP contribution in [0.4, 0.5) is 5.69 Å². The van der Waals surface area contributed by atoms with E-state index in [2.05, 4.69) is 16.0 Å². The lowest BCUT2D eigenvalue weighted by atomic mass is 10.1. The van der Waals surface area contributed by atoms with Crippen molar-refractivity contribution < 1.29 is 19.1 Å². The molecule has 0 aromatic heterocycles. The molecule has 3 N–H and O–H groups in total. The molecule has 1 saturated heterocycles. The number of benzene rings is 1. The Hall–Kier alpha value is -1.54. The summed E-state index contributed by atoms with van der Waals surface area (Å²) in [5, 5.41) is 9.06. The summed E-state index contributed by atoms with van der Waals surface area (Å²) in [6.45, 7) is 3.30. The molecule has 25 heavy (non-hydrogen) atoms. The van der Waals surface area contributed by atoms with Gasteiger partial charge in [-0.15, -0.1) is 12.4 Å². The molecule has 0 spiro atoms. The smallest absolute Gasteiger partial charge is 0.239 e. The molecule has 0 saturated carbocycles. The van der Waals surface area contributed by atoms with E-state index >= 15 is 0 Å². The van der Waals surface area contributed by atoms with Gasteiger partial charge in [-0.3, -0.25) is 9.59 Å². The maximum Gasteiger partial charge on any atom is 0.239 e. The summed E-state index contributed by atoms with van der Waals surface area (Å²) < 4.78 is 10.6. The van der Waals surface area contributed by atoms with E-state index in [0.29, 0.717) is 29.6 Å². The number of carbonyl (C=O) groups is 2. The highest BCUT2D eigenvalue weighted by Crippen LogP contribution is 2.27. The second kappa shape index (κ2) is 10.5. The molecule has 1 aromatic carbocycles. The van der Waals surface area contributed by atoms with Crippen LogP contribution in [0.15, 0.2) is 18.2 Å². The highest BCUT2D eigenvalue weighted by Gasteiger charge is 2.27. The van der Waals surface area contributed by atoms with Crippen LogP contribution in [0.3, 0.4) is 0 Å². The van der Waals surface area contributed by atoms with Crippen molar-refractivity contribution in [2.75, 3.05) is 32.1 Å². The highest BCUT2D eigenvalue weighted by molar-refractivity contribution is 6.31. The number of amides is 2. The van der Waals surface area contributed by atoms with Crippen LogP contribution in [0.2, 0.25) is 5.02 Å². The van der Waals surface area contributed by atoms with Crippen LogP contribution >= 0.6 is 24.0 Å². The number of rotatable bonds is 6. The Balaban J connectivity index is 0.00000312. The first-order valence-corrected chi connectivity index (χ1v) is 8.15. The second-order valence-corrected chi connectivity index (χ2v) is 5.88. The molecule has 7 nitrogen and oxygen atoms in total. The fraction of sp³-hybridized carbons (Fsp3) is 0.500. The summed E-state index contributed by atoms with van der Waals surface area (Å²) >= 11 is 5.92. The van der Waals surface area contributed by atoms with Gasteiger partial charge in [0.2, 0.25) is 11.8 Å². The van der Waals surface area contributed by atoms with Crippen LogP contribution in [0.25, 0.3) is 0 Å². The molecule has 0 unspecified atom stereocenters. The number of nitrogens with one attached hydrogen (secondary N) is 3. The van der Waals surface area contributed by atoms with Crippen molar-refractivity contribution in [3.05, 3.63) is 23.2 Å². The van der Waals surface area contributed by atoms with Gasteiger partial charge >= 0.3 is 0 Å². The van der Waals surface area contributed by atoms with E-state index in [1.165, 1.54) is 7.11 Å². The van der Waals surface area contributed by atoms with E-state index in [9.17, 15) is 9.59 Å². The minimum absolute atomic E-state index is 0. The lowest BCUT2D eigenvalue weighted by molar-refractivity contribution is -0.128. The molecule has 0 aliphatic carbocycles. The molecule has 1 heterocycles. The van der Waals surface area contributed by atoms with E-state index in [1.807, 2.05) is 6.92 Å². The summed E-state index contributed by atoms with van der Waals surface area (Å²) in [6, 6.07) is 4.57. The molecule has 0 bridgehead atoms. The molecule has 1 aliphatic rings. The minimum Gasteiger partial charge on any atom is -0.495 e. The van der Waals surface area contributed by atoms with Gasteiger partial charge in [0.05, 0.1) is 25.5 Å². The molecule has 140 valence electrons. The fourth-order valence-corrected chi connectivity index (χ4v) is 2.60. The Bertz CT molecular complexity index is 601. The van der Waals surface area contributed by atoms with Crippen LogP contribution in [0.1, 0.15) is 13.3 Å². The fourth-order valence-electron chi connectivity index (χ4n) is 2.43. The summed E-state index contributed by atoms with van der Waals surface area (Å²) in [5.74, 6) is 0.112. The van der Waals surface area contributed by atoms with Gasteiger partial charge in [-0.2, -0.15) is 0 Å². The van der Waals surface area contributed by atoms with Crippen LogP contribution in [-0.4, -0.2) is 50.8 Å². The predicted molar refractivity (Wildman–Crippen MR) is 98.7 cm³/mol. The van der Waals surface area contributed by atoms with Crippen LogP contribution in [-0.2, 0) is 14.3 Å². The quantitative estimate of drug-likeness (QED) is 0.685. The Morgan fingerprint density at radius 2 is 2.20 bits per heavy atom. The van der Waals surface area contributed by atoms with E-state index < -0.39 is 6.04 Å². The lowest BCUT2D eigenvalue weighted by Gasteiger charge is -2.29. The van der Waals surface area contributed by atoms with Crippen molar-refractivity contribution in [2.45, 2.75) is 25.5 Å². The monoisotopic (exact) mass is 391 g/mol. The number of hydrogen-bond donors (Lipinski definition) is 3. The first-order valence-electron chi connectivity index (χ1n) is 7.77. The largest absolute Gasteiger partial charge is 0.495 e. The first kappa shape index (κ1) is 21.5. The molecule has 1 aromatic rings. The third kappa shape index (κ3) is 6.36. The Morgan fingerprint density at radius 3 is 2.88 bits per heavy atom. The topological polar surface area (TPSA) is 88.7 Å². The van der Waals surface area contributed by atoms with Gasteiger partial charge in [0.1, 0.15) is 11.8 Å². The van der Waals surface area contributed by atoms with Crippen molar-refractivity contribution in [1.29, 1.82) is 0 Å². The summed E-state index contributed by atoms with van der Waals surface area (Å²) in [4.78, 5) is 24.1. The molecular weight excluding hydrogens is 369 g/mol.